The Morgan fingerprint density at radius 3 is 3.00 bits per heavy atom. The number of thiophene rings is 1. The number of hydrogen-bond donors (Lipinski definition) is 0. The molecule has 2 aromatic heterocycles. The summed E-state index contributed by atoms with van der Waals surface area (Å²) in [5.74, 6) is 0.603. The Morgan fingerprint density at radius 1 is 1.47 bits per heavy atom. The summed E-state index contributed by atoms with van der Waals surface area (Å²) in [7, 11) is 1.61. The van der Waals surface area contributed by atoms with Gasteiger partial charge in [0, 0.05) is 24.1 Å². The highest BCUT2D eigenvalue weighted by atomic mass is 35.5. The second-order valence-electron chi connectivity index (χ2n) is 2.94. The van der Waals surface area contributed by atoms with Gasteiger partial charge in [-0.3, -0.25) is 0 Å². The van der Waals surface area contributed by atoms with E-state index in [-0.39, 0.29) is 0 Å². The van der Waals surface area contributed by atoms with Crippen LogP contribution in [0.25, 0.3) is 11.3 Å². The molecule has 78 valence electrons. The van der Waals surface area contributed by atoms with E-state index in [2.05, 4.69) is 9.97 Å². The zero-order valence-corrected chi connectivity index (χ0v) is 9.68. The zero-order chi connectivity index (χ0) is 10.7. The number of hydrogen-bond acceptors (Lipinski definition) is 4. The molecule has 0 spiro atoms. The lowest BCUT2D eigenvalue weighted by Crippen LogP contribution is -1.98. The maximum atomic E-state index is 5.90. The van der Waals surface area contributed by atoms with E-state index in [1.165, 1.54) is 0 Å². The van der Waals surface area contributed by atoms with Gasteiger partial charge in [-0.15, -0.1) is 0 Å². The molecule has 0 saturated heterocycles. The molecule has 0 radical (unpaired) electrons. The van der Waals surface area contributed by atoms with Crippen molar-refractivity contribution in [3.05, 3.63) is 33.9 Å². The number of ether oxygens (including phenoxy) is 1. The lowest BCUT2D eigenvalue weighted by molar-refractivity contribution is 0.178. The molecule has 0 aliphatic rings. The van der Waals surface area contributed by atoms with Crippen LogP contribution in [-0.4, -0.2) is 17.1 Å². The molecule has 2 aromatic rings. The SMILES string of the molecule is COCc1nc(Cl)cc(-c2ccsc2)n1. The first-order chi connectivity index (χ1) is 7.29. The molecule has 0 atom stereocenters. The first-order valence-electron chi connectivity index (χ1n) is 4.34. The number of halogens is 1. The van der Waals surface area contributed by atoms with Crippen LogP contribution in [0.5, 0.6) is 0 Å². The Hall–Kier alpha value is -0.970. The summed E-state index contributed by atoms with van der Waals surface area (Å²) in [4.78, 5) is 8.42. The lowest BCUT2D eigenvalue weighted by atomic mass is 10.2. The predicted octanol–water partition coefficient (Wildman–Crippen LogP) is 3.00. The van der Waals surface area contributed by atoms with Gasteiger partial charge in [0.2, 0.25) is 0 Å². The topological polar surface area (TPSA) is 35.0 Å². The van der Waals surface area contributed by atoms with Crippen LogP contribution in [0.4, 0.5) is 0 Å². The highest BCUT2D eigenvalue weighted by Gasteiger charge is 2.05. The molecule has 0 bridgehead atoms. The molecule has 0 aromatic carbocycles. The monoisotopic (exact) mass is 240 g/mol. The third kappa shape index (κ3) is 2.53. The molecule has 2 rings (SSSR count). The minimum atomic E-state index is 0.373. The fourth-order valence-electron chi connectivity index (χ4n) is 1.22. The van der Waals surface area contributed by atoms with Crippen LogP contribution in [0.2, 0.25) is 5.15 Å². The molecule has 15 heavy (non-hydrogen) atoms. The molecule has 5 heteroatoms. The molecular weight excluding hydrogens is 232 g/mol. The maximum Gasteiger partial charge on any atom is 0.156 e. The Kier molecular flexibility index (Phi) is 3.30. The van der Waals surface area contributed by atoms with Gasteiger partial charge in [0.25, 0.3) is 0 Å². The lowest BCUT2D eigenvalue weighted by Gasteiger charge is -2.02. The molecule has 0 fully saturated rings. The van der Waals surface area contributed by atoms with Crippen molar-refractivity contribution in [1.29, 1.82) is 0 Å². The van der Waals surface area contributed by atoms with Gasteiger partial charge in [-0.1, -0.05) is 11.6 Å². The van der Waals surface area contributed by atoms with Crippen molar-refractivity contribution in [2.24, 2.45) is 0 Å². The molecule has 3 nitrogen and oxygen atoms in total. The standard InChI is InChI=1S/C10H9ClN2OS/c1-14-5-10-12-8(4-9(11)13-10)7-2-3-15-6-7/h2-4,6H,5H2,1H3. The van der Waals surface area contributed by atoms with Gasteiger partial charge in [0.15, 0.2) is 5.82 Å². The van der Waals surface area contributed by atoms with E-state index in [1.807, 2.05) is 16.8 Å². The summed E-state index contributed by atoms with van der Waals surface area (Å²) < 4.78 is 4.97. The second kappa shape index (κ2) is 4.70. The zero-order valence-electron chi connectivity index (χ0n) is 8.11. The molecule has 0 aliphatic carbocycles. The molecule has 0 N–H and O–H groups in total. The number of aromatic nitrogens is 2. The van der Waals surface area contributed by atoms with Crippen LogP contribution in [0.15, 0.2) is 22.9 Å². The minimum absolute atomic E-state index is 0.373. The smallest absolute Gasteiger partial charge is 0.156 e. The van der Waals surface area contributed by atoms with E-state index < -0.39 is 0 Å². The average molecular weight is 241 g/mol. The maximum absolute atomic E-state index is 5.90. The van der Waals surface area contributed by atoms with Crippen molar-refractivity contribution in [2.45, 2.75) is 6.61 Å². The highest BCUT2D eigenvalue weighted by molar-refractivity contribution is 7.08. The molecule has 0 amide bonds. The van der Waals surface area contributed by atoms with Gasteiger partial charge in [-0.2, -0.15) is 11.3 Å². The Morgan fingerprint density at radius 2 is 2.33 bits per heavy atom. The van der Waals surface area contributed by atoms with Crippen LogP contribution in [-0.2, 0) is 11.3 Å². The van der Waals surface area contributed by atoms with Crippen LogP contribution in [0.3, 0.4) is 0 Å². The van der Waals surface area contributed by atoms with Crippen molar-refractivity contribution >= 4 is 22.9 Å². The predicted molar refractivity (Wildman–Crippen MR) is 61.1 cm³/mol. The summed E-state index contributed by atoms with van der Waals surface area (Å²) in [6, 6.07) is 3.75. The van der Waals surface area contributed by atoms with Crippen LogP contribution < -0.4 is 0 Å². The van der Waals surface area contributed by atoms with E-state index in [4.69, 9.17) is 16.3 Å². The van der Waals surface area contributed by atoms with Gasteiger partial charge < -0.3 is 4.74 Å². The Labute approximate surface area is 96.7 Å². The quantitative estimate of drug-likeness (QED) is 0.774. The molecule has 2 heterocycles. The average Bonchev–Trinajstić information content (AvgIpc) is 2.70. The Bertz CT molecular complexity index is 445. The molecule has 0 saturated carbocycles. The Balaban J connectivity index is 2.40. The molecule has 0 unspecified atom stereocenters. The second-order valence-corrected chi connectivity index (χ2v) is 4.10. The van der Waals surface area contributed by atoms with Gasteiger partial charge in [-0.05, 0) is 11.4 Å². The summed E-state index contributed by atoms with van der Waals surface area (Å²) in [6.07, 6.45) is 0. The third-order valence-corrected chi connectivity index (χ3v) is 2.71. The van der Waals surface area contributed by atoms with Gasteiger partial charge in [0.1, 0.15) is 11.8 Å². The van der Waals surface area contributed by atoms with E-state index in [1.54, 1.807) is 24.5 Å². The summed E-state index contributed by atoms with van der Waals surface area (Å²) >= 11 is 7.52. The fraction of sp³-hybridized carbons (Fsp3) is 0.200. The van der Waals surface area contributed by atoms with Gasteiger partial charge in [-0.25, -0.2) is 9.97 Å². The minimum Gasteiger partial charge on any atom is -0.377 e. The van der Waals surface area contributed by atoms with Crippen LogP contribution in [0, 0.1) is 0 Å². The van der Waals surface area contributed by atoms with Crippen molar-refractivity contribution in [2.75, 3.05) is 7.11 Å². The number of methoxy groups -OCH3 is 1. The number of nitrogens with zero attached hydrogens (tertiary/aromatic N) is 2. The summed E-state index contributed by atoms with van der Waals surface area (Å²) in [6.45, 7) is 0.373. The summed E-state index contributed by atoms with van der Waals surface area (Å²) in [5, 5.41) is 4.47. The van der Waals surface area contributed by atoms with E-state index >= 15 is 0 Å². The molecular formula is C10H9ClN2OS. The largest absolute Gasteiger partial charge is 0.377 e. The van der Waals surface area contributed by atoms with Gasteiger partial charge >= 0.3 is 0 Å². The molecule has 0 aliphatic heterocycles. The van der Waals surface area contributed by atoms with Crippen molar-refractivity contribution < 1.29 is 4.74 Å². The summed E-state index contributed by atoms with van der Waals surface area (Å²) in [5.41, 5.74) is 1.89. The van der Waals surface area contributed by atoms with Gasteiger partial charge in [0.05, 0.1) is 5.69 Å². The van der Waals surface area contributed by atoms with Crippen LogP contribution in [0.1, 0.15) is 5.82 Å². The highest BCUT2D eigenvalue weighted by Crippen LogP contribution is 2.22. The normalized spacial score (nSPS) is 10.5. The van der Waals surface area contributed by atoms with Crippen molar-refractivity contribution in [1.82, 2.24) is 9.97 Å². The van der Waals surface area contributed by atoms with Crippen LogP contribution >= 0.6 is 22.9 Å². The fourth-order valence-corrected chi connectivity index (χ4v) is 2.07. The van der Waals surface area contributed by atoms with Crippen molar-refractivity contribution in [3.63, 3.8) is 0 Å². The first kappa shape index (κ1) is 10.5. The third-order valence-electron chi connectivity index (χ3n) is 1.83. The van der Waals surface area contributed by atoms with E-state index in [9.17, 15) is 0 Å². The van der Waals surface area contributed by atoms with Crippen molar-refractivity contribution in [3.8, 4) is 11.3 Å². The number of rotatable bonds is 3. The van der Waals surface area contributed by atoms with E-state index in [0.29, 0.717) is 17.6 Å². The first-order valence-corrected chi connectivity index (χ1v) is 5.66. The van der Waals surface area contributed by atoms with E-state index in [0.717, 1.165) is 11.3 Å².